The molecule has 2 aliphatic heterocycles. The number of aliphatic hydroxyl groups excluding tert-OH is 1. The lowest BCUT2D eigenvalue weighted by atomic mass is 9.90. The molecule has 3 heterocycles. The van der Waals surface area contributed by atoms with E-state index in [4.69, 9.17) is 21.1 Å². The van der Waals surface area contributed by atoms with Gasteiger partial charge in [0.1, 0.15) is 5.82 Å². The van der Waals surface area contributed by atoms with Crippen LogP contribution in [0.1, 0.15) is 34.9 Å². The lowest BCUT2D eigenvalue weighted by molar-refractivity contribution is -0.287. The Bertz CT molecular complexity index is 814. The summed E-state index contributed by atoms with van der Waals surface area (Å²) in [6, 6.07) is 7.10. The first-order valence-corrected chi connectivity index (χ1v) is 10.5. The number of rotatable bonds is 2. The molecule has 2 aliphatic rings. The van der Waals surface area contributed by atoms with Gasteiger partial charge in [-0.1, -0.05) is 34.2 Å². The number of thiophene rings is 1. The third kappa shape index (κ3) is 3.15. The Balaban J connectivity index is 1.75. The van der Waals surface area contributed by atoms with Crippen LogP contribution in [-0.2, 0) is 28.3 Å². The topological polar surface area (TPSA) is 38.7 Å². The summed E-state index contributed by atoms with van der Waals surface area (Å²) in [4.78, 5) is 1.00. The third-order valence-electron chi connectivity index (χ3n) is 4.73. The van der Waals surface area contributed by atoms with Gasteiger partial charge in [0.05, 0.1) is 27.1 Å². The van der Waals surface area contributed by atoms with Gasteiger partial charge in [0.2, 0.25) is 5.79 Å². The van der Waals surface area contributed by atoms with Crippen LogP contribution in [0, 0.1) is 5.82 Å². The second-order valence-corrected chi connectivity index (χ2v) is 9.71. The molecule has 3 nitrogen and oxygen atoms in total. The van der Waals surface area contributed by atoms with Gasteiger partial charge < -0.3 is 14.6 Å². The van der Waals surface area contributed by atoms with E-state index in [-0.39, 0.29) is 22.5 Å². The SMILES string of the molecule is C[C@@H]1C[C@H](O)C(I)[C@@]2(OCc3cc(F)c(Cc4ccc(Cl)s4)cc32)O1. The van der Waals surface area contributed by atoms with Gasteiger partial charge in [0, 0.05) is 23.3 Å². The molecule has 0 aliphatic carbocycles. The minimum absolute atomic E-state index is 0.128. The molecular weight excluding hydrogens is 478 g/mol. The van der Waals surface area contributed by atoms with Crippen molar-refractivity contribution in [1.29, 1.82) is 0 Å². The van der Waals surface area contributed by atoms with Gasteiger partial charge in [-0.2, -0.15) is 0 Å². The number of alkyl halides is 1. The summed E-state index contributed by atoms with van der Waals surface area (Å²) >= 11 is 9.61. The smallest absolute Gasteiger partial charge is 0.210 e. The Morgan fingerprint density at radius 2 is 2.24 bits per heavy atom. The molecule has 1 aromatic heterocycles. The maximum Gasteiger partial charge on any atom is 0.210 e. The fraction of sp³-hybridized carbons (Fsp3) is 0.444. The molecule has 134 valence electrons. The van der Waals surface area contributed by atoms with Crippen LogP contribution in [0.2, 0.25) is 4.34 Å². The van der Waals surface area contributed by atoms with Crippen LogP contribution in [0.5, 0.6) is 0 Å². The van der Waals surface area contributed by atoms with E-state index in [1.54, 1.807) is 0 Å². The van der Waals surface area contributed by atoms with Crippen LogP contribution in [-0.4, -0.2) is 21.2 Å². The average Bonchev–Trinajstić information content (AvgIpc) is 3.11. The number of benzene rings is 1. The predicted molar refractivity (Wildman–Crippen MR) is 104 cm³/mol. The molecule has 25 heavy (non-hydrogen) atoms. The first kappa shape index (κ1) is 18.1. The maximum absolute atomic E-state index is 14.6. The van der Waals surface area contributed by atoms with Gasteiger partial charge in [-0.05, 0) is 42.3 Å². The van der Waals surface area contributed by atoms with E-state index in [9.17, 15) is 9.50 Å². The fourth-order valence-corrected chi connectivity index (χ4v) is 5.65. The Morgan fingerprint density at radius 1 is 1.44 bits per heavy atom. The van der Waals surface area contributed by atoms with Crippen molar-refractivity contribution in [3.05, 3.63) is 56.0 Å². The highest BCUT2D eigenvalue weighted by atomic mass is 127. The van der Waals surface area contributed by atoms with Crippen LogP contribution in [0.3, 0.4) is 0 Å². The van der Waals surface area contributed by atoms with E-state index in [0.717, 1.165) is 16.0 Å². The molecule has 4 atom stereocenters. The molecule has 1 N–H and O–H groups in total. The summed E-state index contributed by atoms with van der Waals surface area (Å²) in [7, 11) is 0. The predicted octanol–water partition coefficient (Wildman–Crippen LogP) is 4.79. The highest BCUT2D eigenvalue weighted by Gasteiger charge is 2.54. The van der Waals surface area contributed by atoms with Crippen LogP contribution in [0.25, 0.3) is 0 Å². The van der Waals surface area contributed by atoms with E-state index in [0.29, 0.717) is 22.7 Å². The molecule has 7 heteroatoms. The average molecular weight is 495 g/mol. The zero-order chi connectivity index (χ0) is 17.8. The van der Waals surface area contributed by atoms with Crippen molar-refractivity contribution in [2.75, 3.05) is 0 Å². The molecule has 4 rings (SSSR count). The Morgan fingerprint density at radius 3 is 2.96 bits per heavy atom. The molecule has 0 bridgehead atoms. The number of fused-ring (bicyclic) bond motifs is 2. The van der Waals surface area contributed by atoms with Crippen molar-refractivity contribution < 1.29 is 19.0 Å². The van der Waals surface area contributed by atoms with E-state index >= 15 is 0 Å². The van der Waals surface area contributed by atoms with Gasteiger partial charge in [-0.3, -0.25) is 0 Å². The van der Waals surface area contributed by atoms with Crippen LogP contribution < -0.4 is 0 Å². The van der Waals surface area contributed by atoms with Crippen molar-refractivity contribution in [3.63, 3.8) is 0 Å². The number of ether oxygens (including phenoxy) is 2. The molecule has 1 fully saturated rings. The minimum atomic E-state index is -1.01. The van der Waals surface area contributed by atoms with E-state index in [2.05, 4.69) is 22.6 Å². The summed E-state index contributed by atoms with van der Waals surface area (Å²) in [5, 5.41) is 10.4. The van der Waals surface area contributed by atoms with Gasteiger partial charge in [0.15, 0.2) is 0 Å². The summed E-state index contributed by atoms with van der Waals surface area (Å²) in [5.41, 5.74) is 2.20. The standard InChI is InChI=1S/C18H17ClFIO3S/c1-9-4-15(22)17(21)18(24-9)13-6-10(5-12-2-3-16(19)25-12)14(20)7-11(13)8-23-18/h2-3,6-7,9,15,17,22H,4-5,8H2,1H3/t9-,15+,17?,18+/m1/s1. The molecule has 1 aromatic carbocycles. The van der Waals surface area contributed by atoms with Crippen molar-refractivity contribution in [1.82, 2.24) is 0 Å². The van der Waals surface area contributed by atoms with Gasteiger partial charge >= 0.3 is 0 Å². The second-order valence-electron chi connectivity index (χ2n) is 6.57. The van der Waals surface area contributed by atoms with Crippen molar-refractivity contribution in [3.8, 4) is 0 Å². The molecule has 1 spiro atoms. The Kier molecular flexibility index (Phi) is 4.88. The van der Waals surface area contributed by atoms with E-state index in [1.807, 2.05) is 25.1 Å². The fourth-order valence-electron chi connectivity index (χ4n) is 3.59. The Labute approximate surface area is 168 Å². The zero-order valence-corrected chi connectivity index (χ0v) is 17.2. The quantitative estimate of drug-likeness (QED) is 0.482. The zero-order valence-electron chi connectivity index (χ0n) is 13.5. The molecule has 0 saturated carbocycles. The monoisotopic (exact) mass is 494 g/mol. The summed E-state index contributed by atoms with van der Waals surface area (Å²) in [6.45, 7) is 2.21. The molecular formula is C18H17ClFIO3S. The second kappa shape index (κ2) is 6.73. The number of aliphatic hydroxyl groups is 1. The molecule has 1 saturated heterocycles. The molecule has 1 unspecified atom stereocenters. The van der Waals surface area contributed by atoms with Crippen LogP contribution in [0.4, 0.5) is 4.39 Å². The van der Waals surface area contributed by atoms with Crippen LogP contribution in [0.15, 0.2) is 24.3 Å². The molecule has 2 aromatic rings. The maximum atomic E-state index is 14.6. The van der Waals surface area contributed by atoms with Gasteiger partial charge in [0.25, 0.3) is 0 Å². The summed E-state index contributed by atoms with van der Waals surface area (Å²) < 4.78 is 27.2. The van der Waals surface area contributed by atoms with Crippen molar-refractivity contribution in [2.45, 2.75) is 48.3 Å². The number of hydrogen-bond donors (Lipinski definition) is 1. The summed E-state index contributed by atoms with van der Waals surface area (Å²) in [5.74, 6) is -1.26. The van der Waals surface area contributed by atoms with Crippen molar-refractivity contribution in [2.24, 2.45) is 0 Å². The lowest BCUT2D eigenvalue weighted by Gasteiger charge is -2.43. The first-order chi connectivity index (χ1) is 11.9. The van der Waals surface area contributed by atoms with Gasteiger partial charge in [-0.25, -0.2) is 4.39 Å². The largest absolute Gasteiger partial charge is 0.392 e. The molecule has 0 radical (unpaired) electrons. The van der Waals surface area contributed by atoms with E-state index < -0.39 is 11.9 Å². The summed E-state index contributed by atoms with van der Waals surface area (Å²) in [6.07, 6.45) is 0.378. The van der Waals surface area contributed by atoms with Crippen LogP contribution >= 0.6 is 45.5 Å². The third-order valence-corrected chi connectivity index (χ3v) is 7.62. The first-order valence-electron chi connectivity index (χ1n) is 8.09. The lowest BCUT2D eigenvalue weighted by Crippen LogP contribution is -2.52. The molecule has 0 amide bonds. The minimum Gasteiger partial charge on any atom is -0.392 e. The normalized spacial score (nSPS) is 31.5. The van der Waals surface area contributed by atoms with Crippen molar-refractivity contribution >= 4 is 45.5 Å². The number of halogens is 3. The Hall–Kier alpha value is -0.250. The number of hydrogen-bond acceptors (Lipinski definition) is 4. The van der Waals surface area contributed by atoms with Gasteiger partial charge in [-0.15, -0.1) is 11.3 Å². The highest BCUT2D eigenvalue weighted by molar-refractivity contribution is 14.1. The highest BCUT2D eigenvalue weighted by Crippen LogP contribution is 2.49. The van der Waals surface area contributed by atoms with E-state index in [1.165, 1.54) is 17.4 Å².